The van der Waals surface area contributed by atoms with Gasteiger partial charge in [0.05, 0.1) is 21.4 Å². The number of nitrogens with zero attached hydrogens (tertiary/aromatic N) is 3. The first-order chi connectivity index (χ1) is 17.1. The van der Waals surface area contributed by atoms with Crippen LogP contribution in [0.2, 0.25) is 0 Å². The van der Waals surface area contributed by atoms with Crippen molar-refractivity contribution in [2.24, 2.45) is 11.7 Å². The number of nitrogens with one attached hydrogen (secondary N) is 2. The molecule has 192 valence electrons. The number of anilines is 3. The molecule has 1 aliphatic rings. The normalized spacial score (nSPS) is 18.1. The van der Waals surface area contributed by atoms with Crippen LogP contribution in [0, 0.1) is 5.92 Å². The van der Waals surface area contributed by atoms with E-state index in [1.807, 2.05) is 45.9 Å². The molecule has 1 aromatic carbocycles. The second-order valence-corrected chi connectivity index (χ2v) is 11.1. The van der Waals surface area contributed by atoms with E-state index in [-0.39, 0.29) is 17.7 Å². The number of primary amides is 1. The van der Waals surface area contributed by atoms with Gasteiger partial charge >= 0.3 is 5.97 Å². The average molecular weight is 511 g/mol. The van der Waals surface area contributed by atoms with Crippen LogP contribution in [-0.2, 0) is 16.0 Å². The van der Waals surface area contributed by atoms with Crippen LogP contribution in [0.1, 0.15) is 76.0 Å². The fourth-order valence-electron chi connectivity index (χ4n) is 4.48. The summed E-state index contributed by atoms with van der Waals surface area (Å²) >= 11 is 1.54. The third kappa shape index (κ3) is 6.48. The van der Waals surface area contributed by atoms with Gasteiger partial charge in [-0.2, -0.15) is 0 Å². The molecule has 36 heavy (non-hydrogen) atoms. The van der Waals surface area contributed by atoms with E-state index in [0.29, 0.717) is 36.1 Å². The second kappa shape index (κ2) is 10.8. The zero-order valence-electron chi connectivity index (χ0n) is 21.3. The first kappa shape index (κ1) is 25.8. The van der Waals surface area contributed by atoms with Crippen LogP contribution in [0.15, 0.2) is 23.7 Å². The number of nitrogens with two attached hydrogens (primary N) is 1. The Morgan fingerprint density at radius 2 is 1.89 bits per heavy atom. The quantitative estimate of drug-likeness (QED) is 0.353. The van der Waals surface area contributed by atoms with Gasteiger partial charge in [-0.1, -0.05) is 6.92 Å². The molecule has 9 nitrogen and oxygen atoms in total. The Labute approximate surface area is 215 Å². The third-order valence-electron chi connectivity index (χ3n) is 6.19. The van der Waals surface area contributed by atoms with Crippen molar-refractivity contribution in [2.45, 2.75) is 77.9 Å². The minimum atomic E-state index is -0.632. The van der Waals surface area contributed by atoms with Crippen LogP contribution in [0.4, 0.5) is 17.3 Å². The largest absolute Gasteiger partial charge is 0.460 e. The molecule has 0 saturated heterocycles. The molecular weight excluding hydrogens is 476 g/mol. The monoisotopic (exact) mass is 510 g/mol. The maximum atomic E-state index is 12.2. The standard InChI is InChI=1S/C26H34N6O3S/c1-5-18-24(29-16-8-6-15(7-9-16)12-21(33)35-26(2,3)4)32-25(22(31-18)23(27)34)30-17-10-11-19-20(13-17)36-14-28-19/h10-11,13-16H,5-9,12H2,1-4H3,(H2,27,34)(H2,29,30,32). The van der Waals surface area contributed by atoms with E-state index in [9.17, 15) is 9.59 Å². The molecule has 4 N–H and O–H groups in total. The van der Waals surface area contributed by atoms with Crippen molar-refractivity contribution in [3.63, 3.8) is 0 Å². The highest BCUT2D eigenvalue weighted by Gasteiger charge is 2.27. The molecule has 0 atom stereocenters. The summed E-state index contributed by atoms with van der Waals surface area (Å²) in [5.41, 5.74) is 9.49. The Morgan fingerprint density at radius 1 is 1.14 bits per heavy atom. The first-order valence-electron chi connectivity index (χ1n) is 12.4. The molecule has 1 aliphatic carbocycles. The molecule has 2 heterocycles. The second-order valence-electron chi connectivity index (χ2n) is 10.2. The fourth-order valence-corrected chi connectivity index (χ4v) is 5.20. The number of hydrogen-bond donors (Lipinski definition) is 3. The molecule has 0 bridgehead atoms. The highest BCUT2D eigenvalue weighted by atomic mass is 32.1. The maximum absolute atomic E-state index is 12.2. The lowest BCUT2D eigenvalue weighted by Crippen LogP contribution is -2.30. The third-order valence-corrected chi connectivity index (χ3v) is 6.99. The van der Waals surface area contributed by atoms with Crippen molar-refractivity contribution in [1.82, 2.24) is 15.0 Å². The van der Waals surface area contributed by atoms with Crippen LogP contribution in [0.5, 0.6) is 0 Å². The van der Waals surface area contributed by atoms with Crippen LogP contribution in [0.25, 0.3) is 10.2 Å². The summed E-state index contributed by atoms with van der Waals surface area (Å²) in [6.07, 6.45) is 4.77. The van der Waals surface area contributed by atoms with Crippen LogP contribution in [-0.4, -0.2) is 38.5 Å². The fraction of sp³-hybridized carbons (Fsp3) is 0.500. The van der Waals surface area contributed by atoms with Crippen molar-refractivity contribution in [3.8, 4) is 0 Å². The Hall–Kier alpha value is -3.27. The number of benzene rings is 1. The molecule has 0 radical (unpaired) electrons. The molecule has 0 unspecified atom stereocenters. The minimum Gasteiger partial charge on any atom is -0.460 e. The predicted octanol–water partition coefficient (Wildman–Crippen LogP) is 5.19. The number of rotatable bonds is 8. The molecule has 2 aromatic heterocycles. The number of amides is 1. The van der Waals surface area contributed by atoms with E-state index < -0.39 is 11.5 Å². The lowest BCUT2D eigenvalue weighted by molar-refractivity contribution is -0.156. The van der Waals surface area contributed by atoms with Gasteiger partial charge in [-0.05, 0) is 77.0 Å². The molecule has 1 saturated carbocycles. The summed E-state index contributed by atoms with van der Waals surface area (Å²) in [5, 5.41) is 6.77. The topological polar surface area (TPSA) is 132 Å². The predicted molar refractivity (Wildman–Crippen MR) is 143 cm³/mol. The number of aromatic nitrogens is 3. The Balaban J connectivity index is 1.47. The first-order valence-corrected chi connectivity index (χ1v) is 13.3. The van der Waals surface area contributed by atoms with Crippen molar-refractivity contribution in [2.75, 3.05) is 10.6 Å². The molecular formula is C26H34N6O3S. The zero-order valence-corrected chi connectivity index (χ0v) is 22.1. The van der Waals surface area contributed by atoms with Gasteiger partial charge in [0.15, 0.2) is 11.5 Å². The highest BCUT2D eigenvalue weighted by molar-refractivity contribution is 7.16. The lowest BCUT2D eigenvalue weighted by Gasteiger charge is -2.30. The zero-order chi connectivity index (χ0) is 25.9. The van der Waals surface area contributed by atoms with Gasteiger partial charge < -0.3 is 21.1 Å². The SMILES string of the molecule is CCc1nc(C(N)=O)c(Nc2ccc3ncsc3c2)nc1NC1CCC(CC(=O)OC(C)(C)C)CC1. The van der Waals surface area contributed by atoms with Crippen molar-refractivity contribution in [3.05, 3.63) is 35.1 Å². The van der Waals surface area contributed by atoms with Crippen molar-refractivity contribution >= 4 is 50.8 Å². The van der Waals surface area contributed by atoms with Gasteiger partial charge in [-0.15, -0.1) is 11.3 Å². The minimum absolute atomic E-state index is 0.114. The molecule has 10 heteroatoms. The smallest absolute Gasteiger partial charge is 0.306 e. The van der Waals surface area contributed by atoms with E-state index in [1.54, 1.807) is 16.8 Å². The number of fused-ring (bicyclic) bond motifs is 1. The van der Waals surface area contributed by atoms with Gasteiger partial charge in [-0.3, -0.25) is 9.59 Å². The Kier molecular flexibility index (Phi) is 7.73. The van der Waals surface area contributed by atoms with Crippen molar-refractivity contribution < 1.29 is 14.3 Å². The number of hydrogen-bond acceptors (Lipinski definition) is 9. The van der Waals surface area contributed by atoms with Crippen molar-refractivity contribution in [1.29, 1.82) is 0 Å². The summed E-state index contributed by atoms with van der Waals surface area (Å²) in [7, 11) is 0. The summed E-state index contributed by atoms with van der Waals surface area (Å²) in [4.78, 5) is 38.0. The molecule has 0 aliphatic heterocycles. The highest BCUT2D eigenvalue weighted by Crippen LogP contribution is 2.31. The van der Waals surface area contributed by atoms with Gasteiger partial charge in [0.25, 0.3) is 5.91 Å². The van der Waals surface area contributed by atoms with Crippen LogP contribution in [0.3, 0.4) is 0 Å². The molecule has 0 spiro atoms. The van der Waals surface area contributed by atoms with E-state index >= 15 is 0 Å². The summed E-state index contributed by atoms with van der Waals surface area (Å²) < 4.78 is 6.51. The number of esters is 1. The average Bonchev–Trinajstić information content (AvgIpc) is 3.27. The van der Waals surface area contributed by atoms with E-state index in [2.05, 4.69) is 20.6 Å². The Bertz CT molecular complexity index is 1240. The van der Waals surface area contributed by atoms with E-state index in [0.717, 1.165) is 41.6 Å². The number of carbonyl (C=O) groups excluding carboxylic acids is 2. The van der Waals surface area contributed by atoms with E-state index in [4.69, 9.17) is 15.5 Å². The molecule has 1 amide bonds. The molecule has 4 rings (SSSR count). The number of carbonyl (C=O) groups is 2. The maximum Gasteiger partial charge on any atom is 0.306 e. The van der Waals surface area contributed by atoms with Crippen LogP contribution >= 0.6 is 11.3 Å². The number of thiazole rings is 1. The van der Waals surface area contributed by atoms with Gasteiger partial charge in [0, 0.05) is 18.2 Å². The Morgan fingerprint density at radius 3 is 2.56 bits per heavy atom. The van der Waals surface area contributed by atoms with E-state index in [1.165, 1.54) is 0 Å². The van der Waals surface area contributed by atoms with Gasteiger partial charge in [-0.25, -0.2) is 15.0 Å². The lowest BCUT2D eigenvalue weighted by atomic mass is 9.84. The summed E-state index contributed by atoms with van der Waals surface area (Å²) in [6, 6.07) is 5.98. The van der Waals surface area contributed by atoms with Gasteiger partial charge in [0.1, 0.15) is 11.4 Å². The van der Waals surface area contributed by atoms with Crippen LogP contribution < -0.4 is 16.4 Å². The summed E-state index contributed by atoms with van der Waals surface area (Å²) in [6.45, 7) is 7.65. The molecule has 3 aromatic rings. The van der Waals surface area contributed by atoms with Gasteiger partial charge in [0.2, 0.25) is 0 Å². The number of ether oxygens (including phenoxy) is 1. The molecule has 1 fully saturated rings. The summed E-state index contributed by atoms with van der Waals surface area (Å²) in [5.74, 6) is 0.537. The number of aryl methyl sites for hydroxylation is 1.